The number of rotatable bonds is 1. The number of pyridine rings is 1. The van der Waals surface area contributed by atoms with E-state index in [1.807, 2.05) is 6.20 Å². The summed E-state index contributed by atoms with van der Waals surface area (Å²) in [5.74, 6) is 0. The Morgan fingerprint density at radius 2 is 2.12 bits per heavy atom. The molecule has 0 amide bonds. The minimum Gasteiger partial charge on any atom is -0.244 e. The first kappa shape index (κ1) is 10.3. The van der Waals surface area contributed by atoms with E-state index >= 15 is 0 Å². The van der Waals surface area contributed by atoms with Crippen LogP contribution in [0.3, 0.4) is 0 Å². The average Bonchev–Trinajstić information content (AvgIpc) is 2.87. The topological polar surface area (TPSA) is 30.7 Å². The number of hydrogen-bond acceptors (Lipinski definition) is 2. The SMILES string of the molecule is Cc1nn(C2CCCC2)c2ncc(Br)cc12. The molecule has 0 N–H and O–H groups in total. The third kappa shape index (κ3) is 1.56. The van der Waals surface area contributed by atoms with Crippen LogP contribution in [-0.2, 0) is 0 Å². The highest BCUT2D eigenvalue weighted by Crippen LogP contribution is 2.32. The van der Waals surface area contributed by atoms with Crippen molar-refractivity contribution in [2.45, 2.75) is 38.6 Å². The highest BCUT2D eigenvalue weighted by Gasteiger charge is 2.21. The molecule has 2 aromatic heterocycles. The van der Waals surface area contributed by atoms with Gasteiger partial charge in [0, 0.05) is 16.1 Å². The van der Waals surface area contributed by atoms with Crippen molar-refractivity contribution < 1.29 is 0 Å². The van der Waals surface area contributed by atoms with Crippen LogP contribution in [0.15, 0.2) is 16.7 Å². The van der Waals surface area contributed by atoms with E-state index in [4.69, 9.17) is 0 Å². The lowest BCUT2D eigenvalue weighted by Gasteiger charge is -2.10. The number of fused-ring (bicyclic) bond motifs is 1. The van der Waals surface area contributed by atoms with Gasteiger partial charge in [-0.3, -0.25) is 0 Å². The Kier molecular flexibility index (Phi) is 2.46. The molecule has 1 aliphatic rings. The van der Waals surface area contributed by atoms with Gasteiger partial charge in [-0.2, -0.15) is 5.10 Å². The van der Waals surface area contributed by atoms with Gasteiger partial charge in [-0.05, 0) is 41.8 Å². The van der Waals surface area contributed by atoms with Gasteiger partial charge in [-0.15, -0.1) is 0 Å². The Bertz CT molecular complexity index is 526. The minimum absolute atomic E-state index is 0.560. The minimum atomic E-state index is 0.560. The Morgan fingerprint density at radius 3 is 2.88 bits per heavy atom. The zero-order chi connectivity index (χ0) is 11.1. The summed E-state index contributed by atoms with van der Waals surface area (Å²) in [5.41, 5.74) is 2.11. The molecule has 0 spiro atoms. The van der Waals surface area contributed by atoms with Crippen molar-refractivity contribution >= 4 is 27.0 Å². The Morgan fingerprint density at radius 1 is 1.38 bits per heavy atom. The molecule has 0 atom stereocenters. The second-order valence-electron chi connectivity index (χ2n) is 4.49. The molecule has 0 saturated heterocycles. The van der Waals surface area contributed by atoms with Crippen LogP contribution in [0.4, 0.5) is 0 Å². The molecule has 2 heterocycles. The molecule has 1 fully saturated rings. The number of nitrogens with zero attached hydrogens (tertiary/aromatic N) is 3. The molecular weight excluding hydrogens is 266 g/mol. The third-order valence-electron chi connectivity index (χ3n) is 3.37. The van der Waals surface area contributed by atoms with Crippen LogP contribution in [0.2, 0.25) is 0 Å². The van der Waals surface area contributed by atoms with Crippen molar-refractivity contribution in [2.75, 3.05) is 0 Å². The van der Waals surface area contributed by atoms with E-state index < -0.39 is 0 Å². The maximum atomic E-state index is 4.65. The maximum absolute atomic E-state index is 4.65. The summed E-state index contributed by atoms with van der Waals surface area (Å²) < 4.78 is 3.15. The normalized spacial score (nSPS) is 17.4. The van der Waals surface area contributed by atoms with E-state index in [-0.39, 0.29) is 0 Å². The number of hydrogen-bond donors (Lipinski definition) is 0. The standard InChI is InChI=1S/C12H14BrN3/c1-8-11-6-9(13)7-14-12(11)16(15-8)10-4-2-3-5-10/h6-7,10H,2-5H2,1H3. The van der Waals surface area contributed by atoms with E-state index in [0.29, 0.717) is 6.04 Å². The van der Waals surface area contributed by atoms with E-state index in [1.165, 1.54) is 31.1 Å². The van der Waals surface area contributed by atoms with Gasteiger partial charge in [0.05, 0.1) is 11.7 Å². The fraction of sp³-hybridized carbons (Fsp3) is 0.500. The van der Waals surface area contributed by atoms with Gasteiger partial charge < -0.3 is 0 Å². The van der Waals surface area contributed by atoms with E-state index in [9.17, 15) is 0 Å². The van der Waals surface area contributed by atoms with Crippen molar-refractivity contribution in [3.05, 3.63) is 22.4 Å². The molecule has 4 heteroatoms. The second-order valence-corrected chi connectivity index (χ2v) is 5.41. The van der Waals surface area contributed by atoms with Crippen LogP contribution < -0.4 is 0 Å². The van der Waals surface area contributed by atoms with Crippen molar-refractivity contribution in [3.8, 4) is 0 Å². The molecule has 0 aromatic carbocycles. The molecule has 0 radical (unpaired) electrons. The van der Waals surface area contributed by atoms with Gasteiger partial charge in [-0.25, -0.2) is 9.67 Å². The van der Waals surface area contributed by atoms with Gasteiger partial charge in [0.25, 0.3) is 0 Å². The predicted molar refractivity (Wildman–Crippen MR) is 67.5 cm³/mol. The summed E-state index contributed by atoms with van der Waals surface area (Å²) in [4.78, 5) is 4.50. The van der Waals surface area contributed by atoms with Gasteiger partial charge in [0.15, 0.2) is 5.65 Å². The van der Waals surface area contributed by atoms with Crippen LogP contribution in [-0.4, -0.2) is 14.8 Å². The zero-order valence-corrected chi connectivity index (χ0v) is 10.9. The van der Waals surface area contributed by atoms with Gasteiger partial charge in [-0.1, -0.05) is 12.8 Å². The molecule has 0 aliphatic heterocycles. The van der Waals surface area contributed by atoms with Crippen molar-refractivity contribution in [3.63, 3.8) is 0 Å². The number of aryl methyl sites for hydroxylation is 1. The van der Waals surface area contributed by atoms with Gasteiger partial charge in [0.1, 0.15) is 0 Å². The Balaban J connectivity index is 2.18. The molecule has 1 saturated carbocycles. The maximum Gasteiger partial charge on any atom is 0.158 e. The van der Waals surface area contributed by atoms with Gasteiger partial charge in [0.2, 0.25) is 0 Å². The highest BCUT2D eigenvalue weighted by atomic mass is 79.9. The van der Waals surface area contributed by atoms with Crippen LogP contribution >= 0.6 is 15.9 Å². The molecule has 0 unspecified atom stereocenters. The number of aromatic nitrogens is 3. The fourth-order valence-electron chi connectivity index (χ4n) is 2.55. The van der Waals surface area contributed by atoms with Crippen LogP contribution in [0.25, 0.3) is 11.0 Å². The molecule has 16 heavy (non-hydrogen) atoms. The van der Waals surface area contributed by atoms with Crippen molar-refractivity contribution in [2.24, 2.45) is 0 Å². The molecular formula is C12H14BrN3. The summed E-state index contributed by atoms with van der Waals surface area (Å²) in [6, 6.07) is 2.67. The molecule has 2 aromatic rings. The summed E-state index contributed by atoms with van der Waals surface area (Å²) in [6.45, 7) is 2.06. The summed E-state index contributed by atoms with van der Waals surface area (Å²) in [6.07, 6.45) is 6.99. The van der Waals surface area contributed by atoms with Crippen LogP contribution in [0, 0.1) is 6.92 Å². The van der Waals surface area contributed by atoms with Gasteiger partial charge >= 0.3 is 0 Å². The summed E-state index contributed by atoms with van der Waals surface area (Å²) in [5, 5.41) is 5.81. The fourth-order valence-corrected chi connectivity index (χ4v) is 2.88. The van der Waals surface area contributed by atoms with Crippen molar-refractivity contribution in [1.82, 2.24) is 14.8 Å². The van der Waals surface area contributed by atoms with E-state index in [2.05, 4.69) is 43.7 Å². The molecule has 1 aliphatic carbocycles. The van der Waals surface area contributed by atoms with Crippen molar-refractivity contribution in [1.29, 1.82) is 0 Å². The second kappa shape index (κ2) is 3.84. The lowest BCUT2D eigenvalue weighted by atomic mass is 10.2. The Hall–Kier alpha value is -0.900. The Labute approximate surface area is 103 Å². The van der Waals surface area contributed by atoms with Crippen LogP contribution in [0.1, 0.15) is 37.4 Å². The number of halogens is 1. The zero-order valence-electron chi connectivity index (χ0n) is 9.28. The first-order valence-electron chi connectivity index (χ1n) is 5.76. The first-order valence-corrected chi connectivity index (χ1v) is 6.55. The average molecular weight is 280 g/mol. The first-order chi connectivity index (χ1) is 7.75. The van der Waals surface area contributed by atoms with E-state index in [1.54, 1.807) is 0 Å². The smallest absolute Gasteiger partial charge is 0.158 e. The van der Waals surface area contributed by atoms with E-state index in [0.717, 1.165) is 15.8 Å². The lowest BCUT2D eigenvalue weighted by molar-refractivity contribution is 0.476. The third-order valence-corrected chi connectivity index (χ3v) is 3.80. The molecule has 3 rings (SSSR count). The quantitative estimate of drug-likeness (QED) is 0.798. The highest BCUT2D eigenvalue weighted by molar-refractivity contribution is 9.10. The predicted octanol–water partition coefficient (Wildman–Crippen LogP) is 3.62. The molecule has 3 nitrogen and oxygen atoms in total. The summed E-state index contributed by atoms with van der Waals surface area (Å²) >= 11 is 3.46. The summed E-state index contributed by atoms with van der Waals surface area (Å²) in [7, 11) is 0. The molecule has 84 valence electrons. The largest absolute Gasteiger partial charge is 0.244 e. The monoisotopic (exact) mass is 279 g/mol. The lowest BCUT2D eigenvalue weighted by Crippen LogP contribution is -2.07. The van der Waals surface area contributed by atoms with Crippen LogP contribution in [0.5, 0.6) is 0 Å². The molecule has 0 bridgehead atoms.